The van der Waals surface area contributed by atoms with Crippen LogP contribution < -0.4 is 0 Å². The number of carbonyl (C=O) groups is 1. The van der Waals surface area contributed by atoms with Crippen LogP contribution in [0.1, 0.15) is 32.9 Å². The molecule has 0 amide bonds. The van der Waals surface area contributed by atoms with Crippen LogP contribution in [-0.4, -0.2) is 20.3 Å². The molecular formula is C32H23Cl2N3O. The van der Waals surface area contributed by atoms with E-state index in [4.69, 9.17) is 23.2 Å². The SMILES string of the molecule is Cc1c(C(=O)c2ccc(Cl)cc2Cl)c(-c2cccc3ccccc23)c(Cc2ccccc2)n1-c1cnc[nH]1. The molecule has 6 aromatic rings. The van der Waals surface area contributed by atoms with Crippen LogP contribution in [0.4, 0.5) is 0 Å². The van der Waals surface area contributed by atoms with Crippen molar-refractivity contribution in [3.63, 3.8) is 0 Å². The minimum atomic E-state index is -0.153. The van der Waals surface area contributed by atoms with Crippen LogP contribution >= 0.6 is 23.2 Å². The van der Waals surface area contributed by atoms with E-state index >= 15 is 0 Å². The number of H-pyrrole nitrogens is 1. The van der Waals surface area contributed by atoms with Crippen molar-refractivity contribution in [2.24, 2.45) is 0 Å². The molecule has 1 N–H and O–H groups in total. The highest BCUT2D eigenvalue weighted by molar-refractivity contribution is 6.38. The lowest BCUT2D eigenvalue weighted by molar-refractivity contribution is 0.103. The van der Waals surface area contributed by atoms with Crippen molar-refractivity contribution < 1.29 is 4.79 Å². The molecule has 4 nitrogen and oxygen atoms in total. The summed E-state index contributed by atoms with van der Waals surface area (Å²) in [6.07, 6.45) is 4.04. The molecular weight excluding hydrogens is 513 g/mol. The van der Waals surface area contributed by atoms with E-state index in [2.05, 4.69) is 50.9 Å². The zero-order valence-corrected chi connectivity index (χ0v) is 22.1. The number of hydrogen-bond donors (Lipinski definition) is 1. The van der Waals surface area contributed by atoms with E-state index in [0.717, 1.165) is 44.7 Å². The van der Waals surface area contributed by atoms with Gasteiger partial charge in [0.05, 0.1) is 23.1 Å². The number of benzene rings is 4. The van der Waals surface area contributed by atoms with E-state index in [1.165, 1.54) is 0 Å². The lowest BCUT2D eigenvalue weighted by atomic mass is 9.90. The van der Waals surface area contributed by atoms with Crippen molar-refractivity contribution in [1.82, 2.24) is 14.5 Å². The zero-order valence-electron chi connectivity index (χ0n) is 20.6. The Kier molecular flexibility index (Phi) is 6.36. The maximum atomic E-state index is 14.4. The van der Waals surface area contributed by atoms with Crippen LogP contribution in [-0.2, 0) is 6.42 Å². The van der Waals surface area contributed by atoms with E-state index in [0.29, 0.717) is 27.6 Å². The molecule has 0 fully saturated rings. The monoisotopic (exact) mass is 535 g/mol. The molecule has 0 aliphatic heterocycles. The quantitative estimate of drug-likeness (QED) is 0.217. The Hall–Kier alpha value is -4.12. The van der Waals surface area contributed by atoms with Gasteiger partial charge in [0.2, 0.25) is 0 Å². The van der Waals surface area contributed by atoms with E-state index in [1.54, 1.807) is 30.7 Å². The molecule has 6 heteroatoms. The fourth-order valence-corrected chi connectivity index (χ4v) is 5.72. The van der Waals surface area contributed by atoms with Gasteiger partial charge >= 0.3 is 0 Å². The summed E-state index contributed by atoms with van der Waals surface area (Å²) in [7, 11) is 0. The van der Waals surface area contributed by atoms with Gasteiger partial charge in [0, 0.05) is 34.0 Å². The number of rotatable bonds is 6. The number of aromatic amines is 1. The highest BCUT2D eigenvalue weighted by Crippen LogP contribution is 2.41. The summed E-state index contributed by atoms with van der Waals surface area (Å²) in [4.78, 5) is 21.9. The van der Waals surface area contributed by atoms with Gasteiger partial charge in [-0.2, -0.15) is 0 Å². The van der Waals surface area contributed by atoms with Crippen LogP contribution in [0.5, 0.6) is 0 Å². The van der Waals surface area contributed by atoms with Gasteiger partial charge in [-0.05, 0) is 47.0 Å². The lowest BCUT2D eigenvalue weighted by Gasteiger charge is -2.14. The number of halogens is 2. The summed E-state index contributed by atoms with van der Waals surface area (Å²) in [6, 6.07) is 29.7. The molecule has 0 aliphatic rings. The van der Waals surface area contributed by atoms with Gasteiger partial charge in [-0.1, -0.05) is 96.0 Å². The highest BCUT2D eigenvalue weighted by Gasteiger charge is 2.29. The summed E-state index contributed by atoms with van der Waals surface area (Å²) in [6.45, 7) is 1.97. The lowest BCUT2D eigenvalue weighted by Crippen LogP contribution is -2.06. The average Bonchev–Trinajstić information content (AvgIpc) is 3.54. The number of hydrogen-bond acceptors (Lipinski definition) is 2. The first-order valence-corrected chi connectivity index (χ1v) is 13.0. The molecule has 0 bridgehead atoms. The Morgan fingerprint density at radius 3 is 2.45 bits per heavy atom. The van der Waals surface area contributed by atoms with Gasteiger partial charge in [0.25, 0.3) is 0 Å². The molecule has 2 aromatic heterocycles. The van der Waals surface area contributed by atoms with Gasteiger partial charge in [0.1, 0.15) is 5.82 Å². The minimum absolute atomic E-state index is 0.153. The van der Waals surface area contributed by atoms with Gasteiger partial charge in [0.15, 0.2) is 5.78 Å². The molecule has 4 aromatic carbocycles. The van der Waals surface area contributed by atoms with Crippen molar-refractivity contribution in [2.75, 3.05) is 0 Å². The number of aromatic nitrogens is 3. The van der Waals surface area contributed by atoms with Crippen molar-refractivity contribution in [3.8, 4) is 16.9 Å². The van der Waals surface area contributed by atoms with E-state index in [-0.39, 0.29) is 5.78 Å². The predicted molar refractivity (Wildman–Crippen MR) is 155 cm³/mol. The smallest absolute Gasteiger partial charge is 0.196 e. The van der Waals surface area contributed by atoms with Crippen molar-refractivity contribution in [2.45, 2.75) is 13.3 Å². The normalized spacial score (nSPS) is 11.2. The maximum Gasteiger partial charge on any atom is 0.196 e. The number of imidazole rings is 1. The van der Waals surface area contributed by atoms with E-state index in [1.807, 2.05) is 43.3 Å². The number of fused-ring (bicyclic) bond motifs is 1. The molecule has 0 saturated carbocycles. The average molecular weight is 536 g/mol. The number of nitrogens with one attached hydrogen (secondary N) is 1. The summed E-state index contributed by atoms with van der Waals surface area (Å²) < 4.78 is 2.11. The third kappa shape index (κ3) is 4.22. The first-order valence-electron chi connectivity index (χ1n) is 12.3. The van der Waals surface area contributed by atoms with Crippen LogP contribution in [0.25, 0.3) is 27.7 Å². The molecule has 0 saturated heterocycles. The standard InChI is InChI=1S/C32H23Cl2N3O/c1-20-30(32(38)26-15-14-23(33)17-27(26)34)31(25-13-7-11-22-10-5-6-12-24(22)25)28(16-21-8-3-2-4-9-21)37(20)29-18-35-19-36-29/h2-15,17-19H,16H2,1H3,(H,35,36). The Bertz CT molecular complexity index is 1780. The fraction of sp³-hybridized carbons (Fsp3) is 0.0625. The van der Waals surface area contributed by atoms with Crippen molar-refractivity contribution >= 4 is 39.8 Å². The summed E-state index contributed by atoms with van der Waals surface area (Å²) >= 11 is 12.7. The Labute approximate surface area is 230 Å². The van der Waals surface area contributed by atoms with Gasteiger partial charge < -0.3 is 9.55 Å². The Balaban J connectivity index is 1.72. The van der Waals surface area contributed by atoms with Crippen LogP contribution in [0, 0.1) is 6.92 Å². The van der Waals surface area contributed by atoms with E-state index in [9.17, 15) is 4.79 Å². The maximum absolute atomic E-state index is 14.4. The van der Waals surface area contributed by atoms with Crippen LogP contribution in [0.2, 0.25) is 10.0 Å². The molecule has 186 valence electrons. The summed E-state index contributed by atoms with van der Waals surface area (Å²) in [5.74, 6) is 0.635. The molecule has 0 atom stereocenters. The van der Waals surface area contributed by atoms with Crippen LogP contribution in [0.15, 0.2) is 104 Å². The summed E-state index contributed by atoms with van der Waals surface area (Å²) in [5.41, 5.74) is 5.81. The largest absolute Gasteiger partial charge is 0.331 e. The minimum Gasteiger partial charge on any atom is -0.331 e. The Morgan fingerprint density at radius 2 is 1.68 bits per heavy atom. The topological polar surface area (TPSA) is 50.7 Å². The molecule has 0 unspecified atom stereocenters. The third-order valence-electron chi connectivity index (χ3n) is 6.91. The third-order valence-corrected chi connectivity index (χ3v) is 7.45. The predicted octanol–water partition coefficient (Wildman–Crippen LogP) is 8.46. The summed E-state index contributed by atoms with van der Waals surface area (Å²) in [5, 5.41) is 2.98. The van der Waals surface area contributed by atoms with Crippen molar-refractivity contribution in [3.05, 3.63) is 142 Å². The number of ketones is 1. The molecule has 0 spiro atoms. The molecule has 38 heavy (non-hydrogen) atoms. The van der Waals surface area contributed by atoms with Gasteiger partial charge in [-0.3, -0.25) is 4.79 Å². The molecule has 2 heterocycles. The zero-order chi connectivity index (χ0) is 26.2. The first-order chi connectivity index (χ1) is 18.5. The number of carbonyl (C=O) groups excluding carboxylic acids is 1. The van der Waals surface area contributed by atoms with Gasteiger partial charge in [-0.15, -0.1) is 0 Å². The second-order valence-electron chi connectivity index (χ2n) is 9.20. The Morgan fingerprint density at radius 1 is 0.921 bits per heavy atom. The second kappa shape index (κ2) is 9.97. The number of nitrogens with zero attached hydrogens (tertiary/aromatic N) is 2. The first kappa shape index (κ1) is 24.2. The molecule has 6 rings (SSSR count). The second-order valence-corrected chi connectivity index (χ2v) is 10.0. The van der Waals surface area contributed by atoms with Crippen molar-refractivity contribution in [1.29, 1.82) is 0 Å². The molecule has 0 aliphatic carbocycles. The van der Waals surface area contributed by atoms with E-state index < -0.39 is 0 Å². The fourth-order valence-electron chi connectivity index (χ4n) is 5.22. The van der Waals surface area contributed by atoms with Gasteiger partial charge in [-0.25, -0.2) is 4.98 Å². The highest BCUT2D eigenvalue weighted by atomic mass is 35.5. The molecule has 0 radical (unpaired) electrons. The van der Waals surface area contributed by atoms with Crippen LogP contribution in [0.3, 0.4) is 0 Å².